The average Bonchev–Trinajstić information content (AvgIpc) is 3.38. The lowest BCUT2D eigenvalue weighted by atomic mass is 10.2. The molecule has 3 heterocycles. The van der Waals surface area contributed by atoms with Gasteiger partial charge in [-0.25, -0.2) is 4.98 Å². The normalized spacial score (nSPS) is 11.2. The van der Waals surface area contributed by atoms with Crippen LogP contribution in [0.2, 0.25) is 0 Å². The predicted octanol–water partition coefficient (Wildman–Crippen LogP) is 3.33. The Labute approximate surface area is 172 Å². The smallest absolute Gasteiger partial charge is 0.239 e. The second kappa shape index (κ2) is 7.79. The van der Waals surface area contributed by atoms with Crippen LogP contribution in [0.25, 0.3) is 33.2 Å². The Hall–Kier alpha value is -4.00. The van der Waals surface area contributed by atoms with E-state index in [1.54, 1.807) is 12.4 Å². The maximum absolute atomic E-state index is 12.6. The maximum Gasteiger partial charge on any atom is 0.239 e. The molecule has 0 aliphatic carbocycles. The number of benzene rings is 2. The van der Waals surface area contributed by atoms with E-state index < -0.39 is 0 Å². The Morgan fingerprint density at radius 3 is 2.30 bits per heavy atom. The van der Waals surface area contributed by atoms with Gasteiger partial charge in [-0.3, -0.25) is 14.9 Å². The molecule has 2 aromatic carbocycles. The summed E-state index contributed by atoms with van der Waals surface area (Å²) in [6, 6.07) is 20.1. The van der Waals surface area contributed by atoms with Crippen molar-refractivity contribution in [2.75, 3.05) is 6.54 Å². The molecular formula is C23H20N6O. The van der Waals surface area contributed by atoms with E-state index in [1.165, 1.54) is 0 Å². The van der Waals surface area contributed by atoms with E-state index in [9.17, 15) is 4.79 Å². The van der Waals surface area contributed by atoms with Crippen molar-refractivity contribution < 1.29 is 4.79 Å². The van der Waals surface area contributed by atoms with E-state index >= 15 is 0 Å². The minimum absolute atomic E-state index is 0.0321. The van der Waals surface area contributed by atoms with Crippen molar-refractivity contribution >= 4 is 27.7 Å². The first kappa shape index (κ1) is 18.1. The molecule has 0 saturated carbocycles. The minimum Gasteiger partial charge on any atom is -0.354 e. The molecule has 0 aliphatic rings. The zero-order chi connectivity index (χ0) is 20.3. The fourth-order valence-corrected chi connectivity index (χ4v) is 3.73. The van der Waals surface area contributed by atoms with E-state index in [1.807, 2.05) is 36.4 Å². The molecule has 0 unspecified atom stereocenters. The van der Waals surface area contributed by atoms with Crippen LogP contribution in [0.4, 0.5) is 0 Å². The Bertz CT molecular complexity index is 1270. The minimum atomic E-state index is -0.0321. The molecule has 7 nitrogen and oxygen atoms in total. The standard InChI is InChI=1S/C23H20N6O/c30-22(25-14-11-21-26-23(28-27-21)16-9-12-24-13-10-16)15-29-19-7-3-1-5-17(19)18-6-2-4-8-20(18)29/h1-10,12-13H,11,14-15H2,(H,25,30)(H,26,27,28). The number of carbonyl (C=O) groups is 1. The molecule has 7 heteroatoms. The van der Waals surface area contributed by atoms with Crippen molar-refractivity contribution in [3.63, 3.8) is 0 Å². The first-order chi connectivity index (χ1) is 14.8. The number of nitrogens with zero attached hydrogens (tertiary/aromatic N) is 4. The molecule has 0 bridgehead atoms. The number of H-pyrrole nitrogens is 1. The fraction of sp³-hybridized carbons (Fsp3) is 0.130. The zero-order valence-electron chi connectivity index (χ0n) is 16.2. The maximum atomic E-state index is 12.6. The van der Waals surface area contributed by atoms with Crippen LogP contribution in [0.15, 0.2) is 73.1 Å². The summed E-state index contributed by atoms with van der Waals surface area (Å²) in [7, 11) is 0. The zero-order valence-corrected chi connectivity index (χ0v) is 16.2. The summed E-state index contributed by atoms with van der Waals surface area (Å²) in [5.41, 5.74) is 3.03. The number of rotatable bonds is 6. The van der Waals surface area contributed by atoms with Crippen LogP contribution in [0.3, 0.4) is 0 Å². The van der Waals surface area contributed by atoms with Crippen molar-refractivity contribution in [3.05, 3.63) is 78.9 Å². The highest BCUT2D eigenvalue weighted by Crippen LogP contribution is 2.28. The highest BCUT2D eigenvalue weighted by molar-refractivity contribution is 6.08. The van der Waals surface area contributed by atoms with Crippen LogP contribution >= 0.6 is 0 Å². The van der Waals surface area contributed by atoms with E-state index in [-0.39, 0.29) is 12.5 Å². The van der Waals surface area contributed by atoms with Crippen LogP contribution in [0, 0.1) is 0 Å². The highest BCUT2D eigenvalue weighted by Gasteiger charge is 2.12. The summed E-state index contributed by atoms with van der Waals surface area (Å²) in [6.07, 6.45) is 4.00. The van der Waals surface area contributed by atoms with Crippen LogP contribution in [-0.2, 0) is 17.8 Å². The number of para-hydroxylation sites is 2. The molecule has 0 spiro atoms. The highest BCUT2D eigenvalue weighted by atomic mass is 16.1. The summed E-state index contributed by atoms with van der Waals surface area (Å²) in [4.78, 5) is 21.1. The number of fused-ring (bicyclic) bond motifs is 3. The molecule has 5 rings (SSSR count). The Morgan fingerprint density at radius 2 is 1.60 bits per heavy atom. The molecule has 0 radical (unpaired) electrons. The molecule has 0 aliphatic heterocycles. The van der Waals surface area contributed by atoms with Gasteiger partial charge in [-0.1, -0.05) is 36.4 Å². The monoisotopic (exact) mass is 396 g/mol. The summed E-state index contributed by atoms with van der Waals surface area (Å²) in [6.45, 7) is 0.758. The van der Waals surface area contributed by atoms with Gasteiger partial charge in [0.15, 0.2) is 5.82 Å². The average molecular weight is 396 g/mol. The fourth-order valence-electron chi connectivity index (χ4n) is 3.73. The largest absolute Gasteiger partial charge is 0.354 e. The third-order valence-corrected chi connectivity index (χ3v) is 5.14. The molecule has 2 N–H and O–H groups in total. The number of hydrogen-bond donors (Lipinski definition) is 2. The number of hydrogen-bond acceptors (Lipinski definition) is 4. The van der Waals surface area contributed by atoms with Gasteiger partial charge < -0.3 is 9.88 Å². The predicted molar refractivity (Wildman–Crippen MR) is 116 cm³/mol. The van der Waals surface area contributed by atoms with Gasteiger partial charge in [0.25, 0.3) is 0 Å². The number of aromatic amines is 1. The lowest BCUT2D eigenvalue weighted by molar-refractivity contribution is -0.121. The van der Waals surface area contributed by atoms with Gasteiger partial charge in [-0.15, -0.1) is 0 Å². The van der Waals surface area contributed by atoms with Crippen molar-refractivity contribution in [2.45, 2.75) is 13.0 Å². The van der Waals surface area contributed by atoms with Crippen molar-refractivity contribution in [1.82, 2.24) is 30.0 Å². The molecule has 30 heavy (non-hydrogen) atoms. The second-order valence-corrected chi connectivity index (χ2v) is 7.06. The molecule has 148 valence electrons. The first-order valence-corrected chi connectivity index (χ1v) is 9.84. The molecule has 0 fully saturated rings. The summed E-state index contributed by atoms with van der Waals surface area (Å²) < 4.78 is 2.07. The summed E-state index contributed by atoms with van der Waals surface area (Å²) in [5, 5.41) is 12.5. The molecule has 5 aromatic rings. The summed E-state index contributed by atoms with van der Waals surface area (Å²) in [5.74, 6) is 1.33. The lowest BCUT2D eigenvalue weighted by Gasteiger charge is -2.08. The Kier molecular flexibility index (Phi) is 4.69. The first-order valence-electron chi connectivity index (χ1n) is 9.84. The number of amides is 1. The number of pyridine rings is 1. The third kappa shape index (κ3) is 3.41. The van der Waals surface area contributed by atoms with Crippen LogP contribution in [0.1, 0.15) is 5.82 Å². The van der Waals surface area contributed by atoms with Crippen molar-refractivity contribution in [3.8, 4) is 11.4 Å². The van der Waals surface area contributed by atoms with Gasteiger partial charge in [0, 0.05) is 52.7 Å². The molecule has 0 atom stereocenters. The van der Waals surface area contributed by atoms with Crippen LogP contribution in [-0.4, -0.2) is 37.2 Å². The number of aromatic nitrogens is 5. The second-order valence-electron chi connectivity index (χ2n) is 7.06. The third-order valence-electron chi connectivity index (χ3n) is 5.14. The van der Waals surface area contributed by atoms with Crippen molar-refractivity contribution in [2.24, 2.45) is 0 Å². The van der Waals surface area contributed by atoms with E-state index in [4.69, 9.17) is 0 Å². The molecular weight excluding hydrogens is 376 g/mol. The number of carbonyl (C=O) groups excluding carboxylic acids is 1. The number of nitrogens with one attached hydrogen (secondary N) is 2. The van der Waals surface area contributed by atoms with Crippen LogP contribution < -0.4 is 5.32 Å². The SMILES string of the molecule is O=C(Cn1c2ccccc2c2ccccc21)NCCc1nc(-c2ccncc2)n[nH]1. The van der Waals surface area contributed by atoms with Gasteiger partial charge in [0.1, 0.15) is 12.4 Å². The lowest BCUT2D eigenvalue weighted by Crippen LogP contribution is -2.29. The van der Waals surface area contributed by atoms with Gasteiger partial charge in [0.2, 0.25) is 5.91 Å². The summed E-state index contributed by atoms with van der Waals surface area (Å²) >= 11 is 0. The van der Waals surface area contributed by atoms with E-state index in [0.29, 0.717) is 18.8 Å². The van der Waals surface area contributed by atoms with Crippen LogP contribution in [0.5, 0.6) is 0 Å². The Balaban J connectivity index is 1.26. The Morgan fingerprint density at radius 1 is 0.933 bits per heavy atom. The van der Waals surface area contributed by atoms with Gasteiger partial charge in [-0.2, -0.15) is 5.10 Å². The topological polar surface area (TPSA) is 88.5 Å². The quantitative estimate of drug-likeness (QED) is 0.461. The van der Waals surface area contributed by atoms with Gasteiger partial charge >= 0.3 is 0 Å². The molecule has 0 saturated heterocycles. The van der Waals surface area contributed by atoms with Crippen molar-refractivity contribution in [1.29, 1.82) is 0 Å². The molecule has 1 amide bonds. The van der Waals surface area contributed by atoms with E-state index in [0.717, 1.165) is 33.2 Å². The van der Waals surface area contributed by atoms with E-state index in [2.05, 4.69) is 54.3 Å². The van der Waals surface area contributed by atoms with Gasteiger partial charge in [-0.05, 0) is 24.3 Å². The molecule has 3 aromatic heterocycles. The van der Waals surface area contributed by atoms with Gasteiger partial charge in [0.05, 0.1) is 0 Å².